The highest BCUT2D eigenvalue weighted by Crippen LogP contribution is 2.22. The molecule has 30 heavy (non-hydrogen) atoms. The zero-order valence-corrected chi connectivity index (χ0v) is 17.2. The Bertz CT molecular complexity index is 1420. The van der Waals surface area contributed by atoms with Gasteiger partial charge in [-0.25, -0.2) is 4.68 Å². The Morgan fingerprint density at radius 3 is 2.70 bits per heavy atom. The predicted molar refractivity (Wildman–Crippen MR) is 113 cm³/mol. The topological polar surface area (TPSA) is 95.8 Å². The molecule has 0 aliphatic rings. The van der Waals surface area contributed by atoms with Crippen molar-refractivity contribution in [1.82, 2.24) is 39.4 Å². The van der Waals surface area contributed by atoms with Crippen LogP contribution in [0.2, 0.25) is 0 Å². The summed E-state index contributed by atoms with van der Waals surface area (Å²) in [6.45, 7) is 2.56. The molecule has 3 heterocycles. The second-order valence-electron chi connectivity index (χ2n) is 7.03. The molecule has 0 spiro atoms. The Hall–Kier alpha value is -3.53. The lowest BCUT2D eigenvalue weighted by Crippen LogP contribution is -2.20. The SMILES string of the molecule is Cc1ccc2c(c1)c(=O)n(C)c1nnc(CSc3nnnn3Cc3ccccc3)n21. The van der Waals surface area contributed by atoms with Gasteiger partial charge in [-0.1, -0.05) is 53.7 Å². The molecule has 0 unspecified atom stereocenters. The Morgan fingerprint density at radius 2 is 1.87 bits per heavy atom. The van der Waals surface area contributed by atoms with E-state index >= 15 is 0 Å². The quantitative estimate of drug-likeness (QED) is 0.404. The summed E-state index contributed by atoms with van der Waals surface area (Å²) < 4.78 is 5.22. The molecule has 3 aromatic heterocycles. The van der Waals surface area contributed by atoms with Gasteiger partial charge in [0.25, 0.3) is 5.56 Å². The first-order valence-corrected chi connectivity index (χ1v) is 10.4. The van der Waals surface area contributed by atoms with Gasteiger partial charge in [0, 0.05) is 7.05 Å². The molecule has 5 rings (SSSR count). The van der Waals surface area contributed by atoms with Crippen molar-refractivity contribution >= 4 is 28.4 Å². The van der Waals surface area contributed by atoms with Gasteiger partial charge in [-0.3, -0.25) is 13.8 Å². The molecule has 0 N–H and O–H groups in total. The van der Waals surface area contributed by atoms with Crippen molar-refractivity contribution in [2.24, 2.45) is 7.05 Å². The lowest BCUT2D eigenvalue weighted by atomic mass is 10.1. The zero-order chi connectivity index (χ0) is 20.7. The number of tetrazole rings is 1. The number of thioether (sulfide) groups is 1. The maximum atomic E-state index is 12.7. The first-order valence-electron chi connectivity index (χ1n) is 9.38. The van der Waals surface area contributed by atoms with Crippen molar-refractivity contribution in [3.05, 3.63) is 75.8 Å². The van der Waals surface area contributed by atoms with E-state index in [0.29, 0.717) is 28.6 Å². The van der Waals surface area contributed by atoms with Crippen LogP contribution in [0.1, 0.15) is 17.0 Å². The molecule has 5 aromatic rings. The summed E-state index contributed by atoms with van der Waals surface area (Å²) in [6, 6.07) is 15.9. The van der Waals surface area contributed by atoms with Crippen molar-refractivity contribution in [3.63, 3.8) is 0 Å². The molecule has 0 aliphatic carbocycles. The van der Waals surface area contributed by atoms with E-state index in [0.717, 1.165) is 22.5 Å². The number of hydrogen-bond acceptors (Lipinski definition) is 7. The van der Waals surface area contributed by atoms with Gasteiger partial charge in [0.05, 0.1) is 23.2 Å². The number of benzene rings is 2. The summed E-state index contributed by atoms with van der Waals surface area (Å²) in [6.07, 6.45) is 0. The maximum Gasteiger partial charge on any atom is 0.262 e. The Morgan fingerprint density at radius 1 is 1.03 bits per heavy atom. The summed E-state index contributed by atoms with van der Waals surface area (Å²) in [5.41, 5.74) is 2.86. The highest BCUT2D eigenvalue weighted by molar-refractivity contribution is 7.98. The first kappa shape index (κ1) is 18.5. The normalized spacial score (nSPS) is 11.5. The van der Waals surface area contributed by atoms with Crippen LogP contribution in [0.15, 0.2) is 58.5 Å². The average Bonchev–Trinajstić information content (AvgIpc) is 3.38. The van der Waals surface area contributed by atoms with E-state index in [1.54, 1.807) is 11.7 Å². The number of rotatable bonds is 5. The van der Waals surface area contributed by atoms with E-state index in [-0.39, 0.29) is 5.56 Å². The lowest BCUT2D eigenvalue weighted by Gasteiger charge is -2.08. The van der Waals surface area contributed by atoms with Gasteiger partial charge in [-0.05, 0) is 35.0 Å². The first-order chi connectivity index (χ1) is 14.6. The highest BCUT2D eigenvalue weighted by Gasteiger charge is 2.16. The summed E-state index contributed by atoms with van der Waals surface area (Å²) in [5, 5.41) is 22.0. The molecule has 0 saturated heterocycles. The Kier molecular flexibility index (Phi) is 4.55. The van der Waals surface area contributed by atoms with Gasteiger partial charge >= 0.3 is 0 Å². The molecule has 0 bridgehead atoms. The molecule has 0 aliphatic heterocycles. The van der Waals surface area contributed by atoms with Crippen LogP contribution >= 0.6 is 11.8 Å². The summed E-state index contributed by atoms with van der Waals surface area (Å²) in [7, 11) is 1.71. The third kappa shape index (κ3) is 3.14. The fourth-order valence-electron chi connectivity index (χ4n) is 3.44. The standard InChI is InChI=1S/C20H18N8OS/c1-13-8-9-16-15(10-13)18(29)26(2)19-22-21-17(28(16)19)12-30-20-23-24-25-27(20)11-14-6-4-3-5-7-14/h3-10H,11-12H2,1-2H3. The largest absolute Gasteiger partial charge is 0.279 e. The minimum absolute atomic E-state index is 0.0837. The van der Waals surface area contributed by atoms with E-state index < -0.39 is 0 Å². The summed E-state index contributed by atoms with van der Waals surface area (Å²) in [4.78, 5) is 12.7. The third-order valence-electron chi connectivity index (χ3n) is 4.95. The monoisotopic (exact) mass is 418 g/mol. The van der Waals surface area contributed by atoms with Crippen LogP contribution in [-0.4, -0.2) is 39.4 Å². The Labute approximate surface area is 175 Å². The van der Waals surface area contributed by atoms with E-state index in [2.05, 4.69) is 25.7 Å². The van der Waals surface area contributed by atoms with Crippen molar-refractivity contribution in [2.75, 3.05) is 0 Å². The number of aromatic nitrogens is 8. The maximum absolute atomic E-state index is 12.7. The molecule has 0 amide bonds. The highest BCUT2D eigenvalue weighted by atomic mass is 32.2. The van der Waals surface area contributed by atoms with Crippen molar-refractivity contribution < 1.29 is 0 Å². The van der Waals surface area contributed by atoms with Crippen molar-refractivity contribution in [2.45, 2.75) is 24.4 Å². The van der Waals surface area contributed by atoms with Gasteiger partial charge < -0.3 is 0 Å². The zero-order valence-electron chi connectivity index (χ0n) is 16.4. The van der Waals surface area contributed by atoms with Crippen LogP contribution in [0.4, 0.5) is 0 Å². The van der Waals surface area contributed by atoms with Crippen LogP contribution in [0, 0.1) is 6.92 Å². The third-order valence-corrected chi connectivity index (χ3v) is 5.90. The molecular weight excluding hydrogens is 400 g/mol. The van der Waals surface area contributed by atoms with Crippen LogP contribution in [0.25, 0.3) is 16.7 Å². The van der Waals surface area contributed by atoms with Gasteiger partial charge in [-0.2, -0.15) is 0 Å². The van der Waals surface area contributed by atoms with Crippen LogP contribution < -0.4 is 5.56 Å². The minimum Gasteiger partial charge on any atom is -0.279 e. The van der Waals surface area contributed by atoms with Crippen LogP contribution in [0.3, 0.4) is 0 Å². The molecule has 2 aromatic carbocycles. The van der Waals surface area contributed by atoms with Crippen molar-refractivity contribution in [3.8, 4) is 0 Å². The molecule has 0 fully saturated rings. The van der Waals surface area contributed by atoms with Gasteiger partial charge in [0.15, 0.2) is 0 Å². The van der Waals surface area contributed by atoms with E-state index in [1.807, 2.05) is 59.9 Å². The van der Waals surface area contributed by atoms with Crippen molar-refractivity contribution in [1.29, 1.82) is 0 Å². The number of fused-ring (bicyclic) bond motifs is 3. The number of hydrogen-bond donors (Lipinski definition) is 0. The molecule has 10 heteroatoms. The minimum atomic E-state index is -0.0837. The molecule has 0 radical (unpaired) electrons. The lowest BCUT2D eigenvalue weighted by molar-refractivity contribution is 0.602. The summed E-state index contributed by atoms with van der Waals surface area (Å²) in [5.74, 6) is 1.75. The van der Waals surface area contributed by atoms with E-state index in [9.17, 15) is 4.79 Å². The molecule has 150 valence electrons. The van der Waals surface area contributed by atoms with E-state index in [1.165, 1.54) is 16.3 Å². The fraction of sp³-hybridized carbons (Fsp3) is 0.200. The van der Waals surface area contributed by atoms with Gasteiger partial charge in [0.2, 0.25) is 10.9 Å². The van der Waals surface area contributed by atoms with Gasteiger partial charge in [-0.15, -0.1) is 15.3 Å². The number of nitrogens with zero attached hydrogens (tertiary/aromatic N) is 8. The average molecular weight is 418 g/mol. The Balaban J connectivity index is 1.50. The van der Waals surface area contributed by atoms with Crippen LogP contribution in [0.5, 0.6) is 0 Å². The smallest absolute Gasteiger partial charge is 0.262 e. The predicted octanol–water partition coefficient (Wildman–Crippen LogP) is 2.22. The second-order valence-corrected chi connectivity index (χ2v) is 7.97. The van der Waals surface area contributed by atoms with Crippen LogP contribution in [-0.2, 0) is 19.3 Å². The number of aryl methyl sites for hydroxylation is 2. The van der Waals surface area contributed by atoms with E-state index in [4.69, 9.17) is 0 Å². The van der Waals surface area contributed by atoms with Gasteiger partial charge in [0.1, 0.15) is 5.82 Å². The molecule has 9 nitrogen and oxygen atoms in total. The fourth-order valence-corrected chi connectivity index (χ4v) is 4.23. The molecule has 0 saturated carbocycles. The molecular formula is C20H18N8OS. The molecule has 0 atom stereocenters. The summed E-state index contributed by atoms with van der Waals surface area (Å²) >= 11 is 1.48. The second kappa shape index (κ2) is 7.38.